The number of aryl methyl sites for hydroxylation is 1. The van der Waals surface area contributed by atoms with Crippen molar-refractivity contribution in [1.29, 1.82) is 0 Å². The molecule has 0 spiro atoms. The molecule has 18 heavy (non-hydrogen) atoms. The van der Waals surface area contributed by atoms with E-state index in [9.17, 15) is 0 Å². The van der Waals surface area contributed by atoms with Crippen molar-refractivity contribution >= 4 is 17.6 Å². The summed E-state index contributed by atoms with van der Waals surface area (Å²) in [4.78, 5) is 12.8. The molecule has 0 saturated heterocycles. The molecule has 2 heterocycles. The van der Waals surface area contributed by atoms with Gasteiger partial charge in [-0.2, -0.15) is 0 Å². The van der Waals surface area contributed by atoms with E-state index in [4.69, 9.17) is 4.42 Å². The van der Waals surface area contributed by atoms with Crippen molar-refractivity contribution in [3.8, 4) is 0 Å². The van der Waals surface area contributed by atoms with E-state index in [1.54, 1.807) is 12.6 Å². The van der Waals surface area contributed by atoms with Crippen molar-refractivity contribution in [1.82, 2.24) is 15.0 Å². The Hall–Kier alpha value is -1.56. The Morgan fingerprint density at radius 2 is 2.11 bits per heavy atom. The number of oxazole rings is 1. The summed E-state index contributed by atoms with van der Waals surface area (Å²) in [5.41, 5.74) is 1.95. The van der Waals surface area contributed by atoms with E-state index in [0.717, 1.165) is 22.1 Å². The second-order valence-electron chi connectivity index (χ2n) is 4.20. The molecule has 2 aromatic rings. The topological polar surface area (TPSA) is 63.8 Å². The van der Waals surface area contributed by atoms with E-state index in [-0.39, 0.29) is 0 Å². The van der Waals surface area contributed by atoms with Gasteiger partial charge in [-0.15, -0.1) is 0 Å². The van der Waals surface area contributed by atoms with Gasteiger partial charge in [0.05, 0.1) is 5.69 Å². The van der Waals surface area contributed by atoms with Gasteiger partial charge in [0.25, 0.3) is 5.22 Å². The highest BCUT2D eigenvalue weighted by Gasteiger charge is 2.16. The van der Waals surface area contributed by atoms with Crippen LogP contribution in [0.4, 0.5) is 5.82 Å². The first-order valence-electron chi connectivity index (χ1n) is 5.74. The fourth-order valence-corrected chi connectivity index (χ4v) is 2.64. The maximum Gasteiger partial charge on any atom is 0.262 e. The highest BCUT2D eigenvalue weighted by Crippen LogP contribution is 2.34. The zero-order valence-electron chi connectivity index (χ0n) is 10.9. The smallest absolute Gasteiger partial charge is 0.262 e. The third-order valence-corrected chi connectivity index (χ3v) is 3.32. The SMILES string of the molecule is CNc1ncnc(Sc2nc(C)co2)c1C(C)C. The lowest BCUT2D eigenvalue weighted by atomic mass is 10.1. The fraction of sp³-hybridized carbons (Fsp3) is 0.417. The van der Waals surface area contributed by atoms with E-state index >= 15 is 0 Å². The van der Waals surface area contributed by atoms with E-state index in [1.807, 2.05) is 14.0 Å². The summed E-state index contributed by atoms with van der Waals surface area (Å²) in [6.45, 7) is 6.13. The molecule has 1 N–H and O–H groups in total. The Balaban J connectivity index is 2.37. The minimum atomic E-state index is 0.326. The molecule has 96 valence electrons. The van der Waals surface area contributed by atoms with Gasteiger partial charge in [-0.3, -0.25) is 0 Å². The first-order valence-corrected chi connectivity index (χ1v) is 6.56. The van der Waals surface area contributed by atoms with Crippen molar-refractivity contribution in [3.05, 3.63) is 23.8 Å². The fourth-order valence-electron chi connectivity index (χ4n) is 1.64. The second-order valence-corrected chi connectivity index (χ2v) is 5.14. The lowest BCUT2D eigenvalue weighted by molar-refractivity contribution is 0.453. The highest BCUT2D eigenvalue weighted by molar-refractivity contribution is 7.99. The summed E-state index contributed by atoms with van der Waals surface area (Å²) in [6.07, 6.45) is 3.19. The van der Waals surface area contributed by atoms with Gasteiger partial charge in [0.15, 0.2) is 0 Å². The molecular weight excluding hydrogens is 248 g/mol. The van der Waals surface area contributed by atoms with Crippen LogP contribution >= 0.6 is 11.8 Å². The van der Waals surface area contributed by atoms with Crippen LogP contribution in [0.2, 0.25) is 0 Å². The molecule has 0 aromatic carbocycles. The summed E-state index contributed by atoms with van der Waals surface area (Å²) in [5.74, 6) is 1.18. The van der Waals surface area contributed by atoms with Crippen LogP contribution in [0.15, 0.2) is 27.3 Å². The predicted octanol–water partition coefficient (Wildman–Crippen LogP) is 3.09. The lowest BCUT2D eigenvalue weighted by Gasteiger charge is -2.13. The molecule has 0 bridgehead atoms. The van der Waals surface area contributed by atoms with Crippen LogP contribution in [0.1, 0.15) is 31.0 Å². The standard InChI is InChI=1S/C12H16N4OS/c1-7(2)9-10(13-4)14-6-15-11(9)18-12-16-8(3)5-17-12/h5-7H,1-4H3,(H,13,14,15). The largest absolute Gasteiger partial charge is 0.439 e. The van der Waals surface area contributed by atoms with Gasteiger partial charge < -0.3 is 9.73 Å². The third kappa shape index (κ3) is 2.64. The number of hydrogen-bond acceptors (Lipinski definition) is 6. The summed E-state index contributed by atoms with van der Waals surface area (Å²) < 4.78 is 5.35. The van der Waals surface area contributed by atoms with Gasteiger partial charge in [0, 0.05) is 12.6 Å². The number of nitrogens with one attached hydrogen (secondary N) is 1. The molecule has 0 aliphatic rings. The molecule has 0 aliphatic carbocycles. The van der Waals surface area contributed by atoms with Crippen LogP contribution in [-0.4, -0.2) is 22.0 Å². The maximum absolute atomic E-state index is 5.35. The normalized spacial score (nSPS) is 10.9. The number of rotatable bonds is 4. The summed E-state index contributed by atoms with van der Waals surface area (Å²) in [6, 6.07) is 0. The Morgan fingerprint density at radius 3 is 2.67 bits per heavy atom. The maximum atomic E-state index is 5.35. The first-order chi connectivity index (χ1) is 8.61. The minimum Gasteiger partial charge on any atom is -0.439 e. The molecule has 0 fully saturated rings. The lowest BCUT2D eigenvalue weighted by Crippen LogP contribution is -2.03. The summed E-state index contributed by atoms with van der Waals surface area (Å²) in [5, 5.41) is 4.58. The van der Waals surface area contributed by atoms with Crippen LogP contribution in [0, 0.1) is 6.92 Å². The average molecular weight is 264 g/mol. The van der Waals surface area contributed by atoms with Crippen LogP contribution in [0.25, 0.3) is 0 Å². The zero-order valence-corrected chi connectivity index (χ0v) is 11.7. The predicted molar refractivity (Wildman–Crippen MR) is 71.0 cm³/mol. The molecule has 2 rings (SSSR count). The molecule has 2 aromatic heterocycles. The monoisotopic (exact) mass is 264 g/mol. The molecule has 0 saturated carbocycles. The average Bonchev–Trinajstić information content (AvgIpc) is 2.74. The molecule has 5 nitrogen and oxygen atoms in total. The van der Waals surface area contributed by atoms with E-state index in [1.165, 1.54) is 11.8 Å². The Kier molecular flexibility index (Phi) is 3.86. The number of nitrogens with zero attached hydrogens (tertiary/aromatic N) is 3. The van der Waals surface area contributed by atoms with Gasteiger partial charge in [-0.25, -0.2) is 15.0 Å². The molecule has 0 aliphatic heterocycles. The Bertz CT molecular complexity index is 539. The molecular formula is C12H16N4OS. The first kappa shape index (κ1) is 12.9. The van der Waals surface area contributed by atoms with Gasteiger partial charge in [-0.05, 0) is 24.6 Å². The van der Waals surface area contributed by atoms with Gasteiger partial charge in [0.1, 0.15) is 23.4 Å². The van der Waals surface area contributed by atoms with Gasteiger partial charge in [-0.1, -0.05) is 13.8 Å². The molecule has 0 amide bonds. The summed E-state index contributed by atoms with van der Waals surface area (Å²) in [7, 11) is 1.86. The Labute approximate surface area is 110 Å². The van der Waals surface area contributed by atoms with Crippen molar-refractivity contribution in [2.75, 3.05) is 12.4 Å². The van der Waals surface area contributed by atoms with Crippen LogP contribution < -0.4 is 5.32 Å². The van der Waals surface area contributed by atoms with Crippen molar-refractivity contribution < 1.29 is 4.42 Å². The minimum absolute atomic E-state index is 0.326. The van der Waals surface area contributed by atoms with Crippen molar-refractivity contribution in [3.63, 3.8) is 0 Å². The van der Waals surface area contributed by atoms with Crippen LogP contribution in [-0.2, 0) is 0 Å². The zero-order chi connectivity index (χ0) is 13.1. The third-order valence-electron chi connectivity index (χ3n) is 2.44. The van der Waals surface area contributed by atoms with Crippen LogP contribution in [0.5, 0.6) is 0 Å². The van der Waals surface area contributed by atoms with Gasteiger partial charge >= 0.3 is 0 Å². The highest BCUT2D eigenvalue weighted by atomic mass is 32.2. The number of hydrogen-bond donors (Lipinski definition) is 1. The molecule has 0 atom stereocenters. The van der Waals surface area contributed by atoms with Crippen molar-refractivity contribution in [2.24, 2.45) is 0 Å². The second kappa shape index (κ2) is 5.39. The molecule has 0 radical (unpaired) electrons. The van der Waals surface area contributed by atoms with Crippen LogP contribution in [0.3, 0.4) is 0 Å². The Morgan fingerprint density at radius 1 is 1.33 bits per heavy atom. The number of aromatic nitrogens is 3. The molecule has 0 unspecified atom stereocenters. The quantitative estimate of drug-likeness (QED) is 0.856. The van der Waals surface area contributed by atoms with Crippen molar-refractivity contribution in [2.45, 2.75) is 36.9 Å². The van der Waals surface area contributed by atoms with E-state index in [2.05, 4.69) is 34.1 Å². The number of anilines is 1. The summed E-state index contributed by atoms with van der Waals surface area (Å²) >= 11 is 1.42. The van der Waals surface area contributed by atoms with E-state index in [0.29, 0.717) is 11.1 Å². The van der Waals surface area contributed by atoms with Gasteiger partial charge in [0.2, 0.25) is 0 Å². The molecule has 6 heteroatoms. The van der Waals surface area contributed by atoms with E-state index < -0.39 is 0 Å².